The lowest BCUT2D eigenvalue weighted by atomic mass is 9.97. The zero-order valence-corrected chi connectivity index (χ0v) is 10.3. The van der Waals surface area contributed by atoms with E-state index < -0.39 is 30.5 Å². The Morgan fingerprint density at radius 1 is 1.40 bits per heavy atom. The Kier molecular flexibility index (Phi) is 3.74. The highest BCUT2D eigenvalue weighted by molar-refractivity contribution is 5.95. The molecule has 1 fully saturated rings. The molecule has 2 rings (SSSR count). The molecular weight excluding hydrogens is 279 g/mol. The van der Waals surface area contributed by atoms with Crippen LogP contribution in [0.5, 0.6) is 0 Å². The molecule has 1 aliphatic rings. The first kappa shape index (κ1) is 14.4. The lowest BCUT2D eigenvalue weighted by Gasteiger charge is -2.33. The van der Waals surface area contributed by atoms with Crippen LogP contribution in [0.4, 0.5) is 13.2 Å². The predicted octanol–water partition coefficient (Wildman–Crippen LogP) is 2.39. The number of nitrogens with zero attached hydrogens (tertiary/aromatic N) is 1. The van der Waals surface area contributed by atoms with E-state index in [0.717, 1.165) is 17.2 Å². The molecule has 110 valence electrons. The number of hydrogen-bond acceptors (Lipinski definition) is 3. The molecule has 1 aromatic rings. The maximum absolute atomic E-state index is 12.7. The van der Waals surface area contributed by atoms with E-state index in [1.165, 1.54) is 0 Å². The molecule has 0 saturated carbocycles. The Bertz CT molecular complexity index is 523. The molecule has 0 spiro atoms. The molecule has 1 atom stereocenters. The van der Waals surface area contributed by atoms with Gasteiger partial charge in [-0.25, -0.2) is 4.79 Å². The van der Waals surface area contributed by atoms with E-state index in [4.69, 9.17) is 9.52 Å². The van der Waals surface area contributed by atoms with Crippen LogP contribution < -0.4 is 0 Å². The summed E-state index contributed by atoms with van der Waals surface area (Å²) < 4.78 is 42.8. The van der Waals surface area contributed by atoms with Gasteiger partial charge in [-0.2, -0.15) is 13.2 Å². The third-order valence-corrected chi connectivity index (χ3v) is 3.23. The van der Waals surface area contributed by atoms with Crippen molar-refractivity contribution in [3.05, 3.63) is 23.7 Å². The summed E-state index contributed by atoms with van der Waals surface area (Å²) in [4.78, 5) is 23.7. The molecule has 1 aromatic heterocycles. The molecule has 1 unspecified atom stereocenters. The van der Waals surface area contributed by atoms with Crippen molar-refractivity contribution in [3.8, 4) is 0 Å². The second-order valence-corrected chi connectivity index (χ2v) is 4.64. The second-order valence-electron chi connectivity index (χ2n) is 4.64. The molecule has 1 saturated heterocycles. The van der Waals surface area contributed by atoms with Crippen LogP contribution in [0.3, 0.4) is 0 Å². The van der Waals surface area contributed by atoms with E-state index >= 15 is 0 Å². The van der Waals surface area contributed by atoms with E-state index in [2.05, 4.69) is 0 Å². The average molecular weight is 291 g/mol. The number of carbonyl (C=O) groups is 2. The Balaban J connectivity index is 2.10. The van der Waals surface area contributed by atoms with Crippen LogP contribution in [0, 0.1) is 5.92 Å². The first-order valence-corrected chi connectivity index (χ1v) is 5.97. The van der Waals surface area contributed by atoms with Crippen molar-refractivity contribution in [2.24, 2.45) is 5.92 Å². The van der Waals surface area contributed by atoms with Gasteiger partial charge < -0.3 is 14.4 Å². The second kappa shape index (κ2) is 5.18. The first-order valence-electron chi connectivity index (χ1n) is 5.97. The highest BCUT2D eigenvalue weighted by Crippen LogP contribution is 2.33. The van der Waals surface area contributed by atoms with Gasteiger partial charge >= 0.3 is 12.1 Å². The topological polar surface area (TPSA) is 70.7 Å². The highest BCUT2D eigenvalue weighted by Gasteiger charge is 2.43. The van der Waals surface area contributed by atoms with Crippen molar-refractivity contribution in [2.45, 2.75) is 19.0 Å². The fourth-order valence-electron chi connectivity index (χ4n) is 2.15. The van der Waals surface area contributed by atoms with Crippen LogP contribution in [-0.4, -0.2) is 41.1 Å². The van der Waals surface area contributed by atoms with Crippen LogP contribution in [0.15, 0.2) is 16.7 Å². The lowest BCUT2D eigenvalue weighted by molar-refractivity contribution is -0.184. The SMILES string of the molecule is O=C(O)c1coc(C(=O)N2CCCC(C(F)(F)F)C2)c1. The van der Waals surface area contributed by atoms with Gasteiger partial charge in [-0.05, 0) is 12.8 Å². The van der Waals surface area contributed by atoms with Crippen LogP contribution in [0.25, 0.3) is 0 Å². The fraction of sp³-hybridized carbons (Fsp3) is 0.500. The van der Waals surface area contributed by atoms with Gasteiger partial charge in [0.25, 0.3) is 5.91 Å². The molecular formula is C12H12F3NO4. The van der Waals surface area contributed by atoms with E-state index in [1.54, 1.807) is 0 Å². The largest absolute Gasteiger partial charge is 0.478 e. The van der Waals surface area contributed by atoms with Crippen molar-refractivity contribution < 1.29 is 32.3 Å². The number of rotatable bonds is 2. The van der Waals surface area contributed by atoms with Gasteiger partial charge in [-0.1, -0.05) is 0 Å². The summed E-state index contributed by atoms with van der Waals surface area (Å²) in [6.45, 7) is -0.222. The zero-order chi connectivity index (χ0) is 14.9. The molecule has 20 heavy (non-hydrogen) atoms. The molecule has 8 heteroatoms. The molecule has 0 bridgehead atoms. The third-order valence-electron chi connectivity index (χ3n) is 3.23. The van der Waals surface area contributed by atoms with E-state index in [-0.39, 0.29) is 30.7 Å². The minimum absolute atomic E-state index is 0.00812. The van der Waals surface area contributed by atoms with Crippen LogP contribution >= 0.6 is 0 Å². The van der Waals surface area contributed by atoms with Gasteiger partial charge in [-0.3, -0.25) is 4.79 Å². The number of likely N-dealkylation sites (tertiary alicyclic amines) is 1. The third kappa shape index (κ3) is 2.94. The van der Waals surface area contributed by atoms with E-state index in [9.17, 15) is 22.8 Å². The zero-order valence-electron chi connectivity index (χ0n) is 10.3. The molecule has 0 aliphatic carbocycles. The summed E-state index contributed by atoms with van der Waals surface area (Å²) in [5.41, 5.74) is -0.210. The number of hydrogen-bond donors (Lipinski definition) is 1. The lowest BCUT2D eigenvalue weighted by Crippen LogP contribution is -2.44. The Morgan fingerprint density at radius 2 is 2.10 bits per heavy atom. The van der Waals surface area contributed by atoms with Gasteiger partial charge in [0.1, 0.15) is 6.26 Å². The number of furan rings is 1. The van der Waals surface area contributed by atoms with Crippen molar-refractivity contribution in [2.75, 3.05) is 13.1 Å². The van der Waals surface area contributed by atoms with Crippen LogP contribution in [0.2, 0.25) is 0 Å². The van der Waals surface area contributed by atoms with Gasteiger partial charge in [0.2, 0.25) is 0 Å². The summed E-state index contributed by atoms with van der Waals surface area (Å²) in [7, 11) is 0. The Hall–Kier alpha value is -1.99. The summed E-state index contributed by atoms with van der Waals surface area (Å²) in [6, 6.07) is 1.02. The molecule has 1 aliphatic heterocycles. The highest BCUT2D eigenvalue weighted by atomic mass is 19.4. The number of alkyl halides is 3. The first-order chi connectivity index (χ1) is 9.29. The monoisotopic (exact) mass is 291 g/mol. The number of halogens is 3. The number of carbonyl (C=O) groups excluding carboxylic acids is 1. The van der Waals surface area contributed by atoms with Crippen molar-refractivity contribution in [1.29, 1.82) is 0 Å². The van der Waals surface area contributed by atoms with E-state index in [0.29, 0.717) is 0 Å². The number of carboxylic acid groups (broad SMARTS) is 1. The maximum atomic E-state index is 12.7. The van der Waals surface area contributed by atoms with Crippen LogP contribution in [0.1, 0.15) is 33.8 Å². The number of piperidine rings is 1. The normalized spacial score (nSPS) is 19.9. The predicted molar refractivity (Wildman–Crippen MR) is 60.3 cm³/mol. The Morgan fingerprint density at radius 3 is 2.65 bits per heavy atom. The fourth-order valence-corrected chi connectivity index (χ4v) is 2.15. The molecule has 1 N–H and O–H groups in total. The van der Waals surface area contributed by atoms with Gasteiger partial charge in [0.05, 0.1) is 11.5 Å². The quantitative estimate of drug-likeness (QED) is 0.908. The number of carboxylic acids is 1. The van der Waals surface area contributed by atoms with Gasteiger partial charge in [0, 0.05) is 19.2 Å². The number of amides is 1. The van der Waals surface area contributed by atoms with Crippen molar-refractivity contribution in [1.82, 2.24) is 4.90 Å². The summed E-state index contributed by atoms with van der Waals surface area (Å²) in [6.07, 6.45) is -3.21. The summed E-state index contributed by atoms with van der Waals surface area (Å²) in [5.74, 6) is -3.79. The number of aromatic carboxylic acids is 1. The van der Waals surface area contributed by atoms with E-state index in [1.807, 2.05) is 0 Å². The smallest absolute Gasteiger partial charge is 0.393 e. The summed E-state index contributed by atoms with van der Waals surface area (Å²) >= 11 is 0. The van der Waals surface area contributed by atoms with Crippen LogP contribution in [-0.2, 0) is 0 Å². The maximum Gasteiger partial charge on any atom is 0.393 e. The Labute approximate surface area is 112 Å². The molecule has 0 aromatic carbocycles. The van der Waals surface area contributed by atoms with Gasteiger partial charge in [0.15, 0.2) is 5.76 Å². The average Bonchev–Trinajstić information content (AvgIpc) is 2.87. The molecule has 1 amide bonds. The molecule has 2 heterocycles. The molecule has 5 nitrogen and oxygen atoms in total. The standard InChI is InChI=1S/C12H12F3NO4/c13-12(14,15)8-2-1-3-16(5-8)10(17)9-4-7(6-20-9)11(18)19/h4,6,8H,1-3,5H2,(H,18,19). The minimum Gasteiger partial charge on any atom is -0.478 e. The minimum atomic E-state index is -4.34. The van der Waals surface area contributed by atoms with Crippen molar-refractivity contribution >= 4 is 11.9 Å². The molecule has 0 radical (unpaired) electrons. The van der Waals surface area contributed by atoms with Crippen molar-refractivity contribution in [3.63, 3.8) is 0 Å². The van der Waals surface area contributed by atoms with Gasteiger partial charge in [-0.15, -0.1) is 0 Å². The summed E-state index contributed by atoms with van der Waals surface area (Å²) in [5, 5.41) is 8.71.